The molecule has 0 aliphatic carbocycles. The largest absolute Gasteiger partial charge is 0.487 e. The van der Waals surface area contributed by atoms with E-state index in [9.17, 15) is 9.90 Å². The van der Waals surface area contributed by atoms with Gasteiger partial charge in [-0.2, -0.15) is 0 Å². The number of hydrogen-bond acceptors (Lipinski definition) is 4. The van der Waals surface area contributed by atoms with Gasteiger partial charge in [-0.1, -0.05) is 54.6 Å². The fraction of sp³-hybridized carbons (Fsp3) is 0.0769. The van der Waals surface area contributed by atoms with Gasteiger partial charge in [0, 0.05) is 16.5 Å². The van der Waals surface area contributed by atoms with Crippen molar-refractivity contribution in [3.8, 4) is 11.5 Å². The molecular weight excluding hydrogens is 390 g/mol. The molecule has 0 spiro atoms. The molecule has 2 heterocycles. The summed E-state index contributed by atoms with van der Waals surface area (Å²) >= 11 is 0. The Labute approximate surface area is 179 Å². The molecule has 31 heavy (non-hydrogen) atoms. The number of pyridine rings is 1. The Hall–Kier alpha value is -4.12. The minimum atomic E-state index is -1.05. The number of ether oxygens (including phenoxy) is 2. The first kappa shape index (κ1) is 18.9. The first-order valence-electron chi connectivity index (χ1n) is 9.95. The molecule has 1 unspecified atom stereocenters. The Balaban J connectivity index is 1.35. The second-order valence-corrected chi connectivity index (χ2v) is 7.28. The van der Waals surface area contributed by atoms with Crippen molar-refractivity contribution in [2.75, 3.05) is 0 Å². The summed E-state index contributed by atoms with van der Waals surface area (Å²) in [6.07, 6.45) is 0.815. The van der Waals surface area contributed by atoms with Crippen molar-refractivity contribution < 1.29 is 19.4 Å². The molecule has 1 N–H and O–H groups in total. The molecule has 5 heteroatoms. The molecule has 152 valence electrons. The number of fused-ring (bicyclic) bond motifs is 2. The second-order valence-electron chi connectivity index (χ2n) is 7.28. The number of hydrogen-bond donors (Lipinski definition) is 1. The standard InChI is InChI=1S/C26H19NO4/c28-26(29)25-22(15-19-6-2-4-8-24(19)31-25)17-10-13-21(14-11-17)30-16-20-12-9-18-5-1-3-7-23(18)27-20/h1-15,25H,16H2,(H,28,29). The third-order valence-corrected chi connectivity index (χ3v) is 5.21. The highest BCUT2D eigenvalue weighted by Gasteiger charge is 2.29. The number of rotatable bonds is 5. The van der Waals surface area contributed by atoms with Crippen LogP contribution in [0.3, 0.4) is 0 Å². The number of nitrogens with zero attached hydrogens (tertiary/aromatic N) is 1. The fourth-order valence-corrected chi connectivity index (χ4v) is 3.65. The molecule has 0 bridgehead atoms. The predicted octanol–water partition coefficient (Wildman–Crippen LogP) is 5.20. The molecule has 3 aromatic carbocycles. The van der Waals surface area contributed by atoms with Gasteiger partial charge in [0.1, 0.15) is 18.1 Å². The van der Waals surface area contributed by atoms with Crippen LogP contribution >= 0.6 is 0 Å². The summed E-state index contributed by atoms with van der Waals surface area (Å²) in [4.78, 5) is 16.4. The quantitative estimate of drug-likeness (QED) is 0.491. The van der Waals surface area contributed by atoms with Crippen LogP contribution in [-0.4, -0.2) is 22.2 Å². The van der Waals surface area contributed by atoms with E-state index in [0.717, 1.165) is 27.7 Å². The van der Waals surface area contributed by atoms with E-state index in [2.05, 4.69) is 4.98 Å². The average Bonchev–Trinajstić information content (AvgIpc) is 2.82. The van der Waals surface area contributed by atoms with Gasteiger partial charge in [0.15, 0.2) is 0 Å². The molecule has 1 aliphatic rings. The minimum absolute atomic E-state index is 0.348. The third kappa shape index (κ3) is 3.85. The van der Waals surface area contributed by atoms with E-state index < -0.39 is 12.1 Å². The smallest absolute Gasteiger partial charge is 0.349 e. The molecule has 0 saturated carbocycles. The topological polar surface area (TPSA) is 68.7 Å². The van der Waals surface area contributed by atoms with Gasteiger partial charge in [-0.3, -0.25) is 0 Å². The highest BCUT2D eigenvalue weighted by molar-refractivity contribution is 5.99. The Morgan fingerprint density at radius 1 is 0.935 bits per heavy atom. The maximum Gasteiger partial charge on any atom is 0.349 e. The lowest BCUT2D eigenvalue weighted by molar-refractivity contribution is -0.142. The van der Waals surface area contributed by atoms with Gasteiger partial charge < -0.3 is 14.6 Å². The summed E-state index contributed by atoms with van der Waals surface area (Å²) in [5.74, 6) is 0.230. The van der Waals surface area contributed by atoms with Crippen LogP contribution in [0.2, 0.25) is 0 Å². The van der Waals surface area contributed by atoms with E-state index in [4.69, 9.17) is 9.47 Å². The van der Waals surface area contributed by atoms with Gasteiger partial charge in [0.25, 0.3) is 0 Å². The molecule has 0 fully saturated rings. The summed E-state index contributed by atoms with van der Waals surface area (Å²) in [7, 11) is 0. The summed E-state index contributed by atoms with van der Waals surface area (Å²) in [6.45, 7) is 0.348. The lowest BCUT2D eigenvalue weighted by Crippen LogP contribution is -2.30. The molecule has 1 atom stereocenters. The van der Waals surface area contributed by atoms with Crippen molar-refractivity contribution in [3.05, 3.63) is 102 Å². The molecular formula is C26H19NO4. The summed E-state index contributed by atoms with van der Waals surface area (Å²) in [5.41, 5.74) is 4.02. The maximum atomic E-state index is 11.8. The SMILES string of the molecule is O=C(O)C1Oc2ccccc2C=C1c1ccc(OCc2ccc3ccccc3n2)cc1. The van der Waals surface area contributed by atoms with Crippen molar-refractivity contribution in [1.29, 1.82) is 0 Å². The van der Waals surface area contributed by atoms with Gasteiger partial charge in [-0.05, 0) is 42.0 Å². The molecule has 5 rings (SSSR count). The molecule has 0 radical (unpaired) electrons. The van der Waals surface area contributed by atoms with E-state index in [1.165, 1.54) is 0 Å². The Kier molecular flexibility index (Phi) is 4.84. The minimum Gasteiger partial charge on any atom is -0.487 e. The number of aliphatic carboxylic acids is 1. The van der Waals surface area contributed by atoms with Gasteiger partial charge in [-0.15, -0.1) is 0 Å². The van der Waals surface area contributed by atoms with Crippen LogP contribution in [0.5, 0.6) is 11.5 Å². The third-order valence-electron chi connectivity index (χ3n) is 5.21. The summed E-state index contributed by atoms with van der Waals surface area (Å²) in [5, 5.41) is 10.7. The average molecular weight is 409 g/mol. The van der Waals surface area contributed by atoms with Crippen LogP contribution in [0, 0.1) is 0 Å². The van der Waals surface area contributed by atoms with Crippen LogP contribution in [0.25, 0.3) is 22.6 Å². The van der Waals surface area contributed by atoms with Crippen molar-refractivity contribution >= 4 is 28.5 Å². The Morgan fingerprint density at radius 2 is 1.71 bits per heavy atom. The van der Waals surface area contributed by atoms with Gasteiger partial charge in [0.2, 0.25) is 6.10 Å². The van der Waals surface area contributed by atoms with Gasteiger partial charge in [0.05, 0.1) is 11.2 Å². The number of carboxylic acids is 1. The van der Waals surface area contributed by atoms with E-state index >= 15 is 0 Å². The highest BCUT2D eigenvalue weighted by Crippen LogP contribution is 2.35. The second kappa shape index (κ2) is 7.95. The number of aromatic nitrogens is 1. The number of carboxylic acid groups (broad SMARTS) is 1. The Morgan fingerprint density at radius 3 is 2.55 bits per heavy atom. The lowest BCUT2D eigenvalue weighted by atomic mass is 9.95. The first-order valence-corrected chi connectivity index (χ1v) is 9.95. The Bertz CT molecular complexity index is 1290. The normalized spacial score (nSPS) is 15.0. The number of para-hydroxylation sites is 2. The lowest BCUT2D eigenvalue weighted by Gasteiger charge is -2.24. The number of benzene rings is 3. The molecule has 0 amide bonds. The van der Waals surface area contributed by atoms with Crippen LogP contribution in [0.15, 0.2) is 84.9 Å². The zero-order valence-electron chi connectivity index (χ0n) is 16.6. The highest BCUT2D eigenvalue weighted by atomic mass is 16.5. The van der Waals surface area contributed by atoms with Gasteiger partial charge in [-0.25, -0.2) is 9.78 Å². The number of carbonyl (C=O) groups is 1. The predicted molar refractivity (Wildman–Crippen MR) is 119 cm³/mol. The maximum absolute atomic E-state index is 11.8. The van der Waals surface area contributed by atoms with Crippen molar-refractivity contribution in [1.82, 2.24) is 4.98 Å². The molecule has 1 aliphatic heterocycles. The van der Waals surface area contributed by atoms with E-state index in [0.29, 0.717) is 23.7 Å². The van der Waals surface area contributed by atoms with Crippen molar-refractivity contribution in [2.45, 2.75) is 12.7 Å². The van der Waals surface area contributed by atoms with Crippen molar-refractivity contribution in [3.63, 3.8) is 0 Å². The van der Waals surface area contributed by atoms with E-state index in [1.807, 2.05) is 84.9 Å². The molecule has 5 nitrogen and oxygen atoms in total. The monoisotopic (exact) mass is 409 g/mol. The zero-order chi connectivity index (χ0) is 21.2. The summed E-state index contributed by atoms with van der Waals surface area (Å²) < 4.78 is 11.6. The van der Waals surface area contributed by atoms with E-state index in [1.54, 1.807) is 6.07 Å². The van der Waals surface area contributed by atoms with Crippen LogP contribution in [0.4, 0.5) is 0 Å². The molecule has 4 aromatic rings. The molecule has 1 aromatic heterocycles. The zero-order valence-corrected chi connectivity index (χ0v) is 16.6. The van der Waals surface area contributed by atoms with E-state index in [-0.39, 0.29) is 0 Å². The van der Waals surface area contributed by atoms with Crippen LogP contribution in [-0.2, 0) is 11.4 Å². The van der Waals surface area contributed by atoms with Gasteiger partial charge >= 0.3 is 5.97 Å². The van der Waals surface area contributed by atoms with Crippen LogP contribution in [0.1, 0.15) is 16.8 Å². The first-order chi connectivity index (χ1) is 15.2. The summed E-state index contributed by atoms with van der Waals surface area (Å²) in [6, 6.07) is 26.7. The van der Waals surface area contributed by atoms with Crippen molar-refractivity contribution in [2.24, 2.45) is 0 Å². The fourth-order valence-electron chi connectivity index (χ4n) is 3.65. The molecule has 0 saturated heterocycles. The van der Waals surface area contributed by atoms with Crippen LogP contribution < -0.4 is 9.47 Å².